The van der Waals surface area contributed by atoms with Crippen LogP contribution in [-0.2, 0) is 0 Å². The lowest BCUT2D eigenvalue weighted by Crippen LogP contribution is -1.85. The van der Waals surface area contributed by atoms with Gasteiger partial charge in [0.15, 0.2) is 11.5 Å². The zero-order chi connectivity index (χ0) is 11.8. The average Bonchev–Trinajstić information content (AvgIpc) is 2.72. The molecule has 0 spiro atoms. The van der Waals surface area contributed by atoms with Crippen LogP contribution in [0.15, 0.2) is 47.1 Å². The molecule has 0 bridgehead atoms. The Labute approximate surface area is 105 Å². The third kappa shape index (κ3) is 1.93. The van der Waals surface area contributed by atoms with Gasteiger partial charge in [-0.2, -0.15) is 0 Å². The van der Waals surface area contributed by atoms with E-state index >= 15 is 0 Å². The summed E-state index contributed by atoms with van der Waals surface area (Å²) >= 11 is 3.38. The average molecular weight is 292 g/mol. The number of rotatable bonds is 1. The number of fused-ring (bicyclic) bond motifs is 1. The van der Waals surface area contributed by atoms with Gasteiger partial charge in [-0.1, -0.05) is 15.9 Å². The molecule has 0 aliphatic heterocycles. The van der Waals surface area contributed by atoms with Crippen LogP contribution in [0.3, 0.4) is 0 Å². The molecule has 0 saturated heterocycles. The molecule has 0 N–H and O–H groups in total. The third-order valence-corrected chi connectivity index (χ3v) is 2.90. The normalized spacial score (nSPS) is 10.9. The summed E-state index contributed by atoms with van der Waals surface area (Å²) in [5.41, 5.74) is 1.55. The molecule has 0 saturated carbocycles. The summed E-state index contributed by atoms with van der Waals surface area (Å²) in [4.78, 5) is 4.37. The van der Waals surface area contributed by atoms with Gasteiger partial charge in [0.2, 0.25) is 0 Å². The van der Waals surface area contributed by atoms with E-state index in [1.54, 1.807) is 16.6 Å². The smallest absolute Gasteiger partial charge is 0.182 e. The first-order valence-electron chi connectivity index (χ1n) is 5.00. The Hall–Kier alpha value is -1.75. The van der Waals surface area contributed by atoms with E-state index in [0.29, 0.717) is 5.82 Å². The Morgan fingerprint density at radius 2 is 1.88 bits per heavy atom. The van der Waals surface area contributed by atoms with Crippen LogP contribution in [0.2, 0.25) is 0 Å². The van der Waals surface area contributed by atoms with E-state index in [9.17, 15) is 4.39 Å². The fraction of sp³-hybridized carbons (Fsp3) is 0. The SMILES string of the molecule is Fc1ccc(-c2nc3cc(Br)ccn3n2)cc1. The van der Waals surface area contributed by atoms with E-state index in [0.717, 1.165) is 15.7 Å². The van der Waals surface area contributed by atoms with Crippen molar-refractivity contribution in [2.45, 2.75) is 0 Å². The second kappa shape index (κ2) is 3.92. The second-order valence-electron chi connectivity index (χ2n) is 3.59. The largest absolute Gasteiger partial charge is 0.220 e. The van der Waals surface area contributed by atoms with Crippen LogP contribution in [0.1, 0.15) is 0 Å². The van der Waals surface area contributed by atoms with E-state index in [4.69, 9.17) is 0 Å². The zero-order valence-electron chi connectivity index (χ0n) is 8.64. The maximum atomic E-state index is 12.8. The number of nitrogens with zero attached hydrogens (tertiary/aromatic N) is 3. The van der Waals surface area contributed by atoms with Gasteiger partial charge < -0.3 is 0 Å². The van der Waals surface area contributed by atoms with Gasteiger partial charge in [0.05, 0.1) is 0 Å². The molecular weight excluding hydrogens is 285 g/mol. The molecule has 0 aliphatic carbocycles. The van der Waals surface area contributed by atoms with Crippen molar-refractivity contribution >= 4 is 21.6 Å². The number of benzene rings is 1. The summed E-state index contributed by atoms with van der Waals surface area (Å²) in [5.74, 6) is 0.323. The van der Waals surface area contributed by atoms with Gasteiger partial charge in [-0.05, 0) is 36.4 Å². The first-order valence-corrected chi connectivity index (χ1v) is 5.79. The molecule has 2 aromatic heterocycles. The van der Waals surface area contributed by atoms with Crippen molar-refractivity contribution in [2.24, 2.45) is 0 Å². The van der Waals surface area contributed by atoms with Gasteiger partial charge in [0.1, 0.15) is 5.82 Å². The molecule has 0 unspecified atom stereocenters. The molecule has 3 aromatic rings. The summed E-state index contributed by atoms with van der Waals surface area (Å²) in [7, 11) is 0. The highest BCUT2D eigenvalue weighted by atomic mass is 79.9. The first kappa shape index (κ1) is 10.4. The quantitative estimate of drug-likeness (QED) is 0.689. The molecule has 84 valence electrons. The van der Waals surface area contributed by atoms with Gasteiger partial charge in [-0.25, -0.2) is 13.9 Å². The molecule has 0 atom stereocenters. The summed E-state index contributed by atoms with van der Waals surface area (Å²) in [6, 6.07) is 9.89. The van der Waals surface area contributed by atoms with E-state index in [2.05, 4.69) is 26.0 Å². The molecule has 5 heteroatoms. The summed E-state index contributed by atoms with van der Waals surface area (Å²) in [6.07, 6.45) is 1.82. The molecule has 0 fully saturated rings. The van der Waals surface area contributed by atoms with E-state index in [1.165, 1.54) is 12.1 Å². The van der Waals surface area contributed by atoms with E-state index in [1.807, 2.05) is 18.3 Å². The van der Waals surface area contributed by atoms with Crippen molar-refractivity contribution in [2.75, 3.05) is 0 Å². The highest BCUT2D eigenvalue weighted by Gasteiger charge is 2.06. The van der Waals surface area contributed by atoms with Gasteiger partial charge in [-0.3, -0.25) is 0 Å². The van der Waals surface area contributed by atoms with Gasteiger partial charge in [0.25, 0.3) is 0 Å². The Balaban J connectivity index is 2.14. The Bertz CT molecular complexity index is 676. The van der Waals surface area contributed by atoms with Gasteiger partial charge in [0, 0.05) is 16.2 Å². The minimum Gasteiger partial charge on any atom is -0.220 e. The second-order valence-corrected chi connectivity index (χ2v) is 4.51. The molecule has 3 nitrogen and oxygen atoms in total. The molecule has 2 heterocycles. The van der Waals surface area contributed by atoms with Crippen LogP contribution in [0.4, 0.5) is 4.39 Å². The molecule has 0 amide bonds. The number of halogens is 2. The lowest BCUT2D eigenvalue weighted by Gasteiger charge is -1.93. The Kier molecular flexibility index (Phi) is 2.40. The third-order valence-electron chi connectivity index (χ3n) is 2.40. The van der Waals surface area contributed by atoms with Gasteiger partial charge >= 0.3 is 0 Å². The van der Waals surface area contributed by atoms with Crippen LogP contribution in [-0.4, -0.2) is 14.6 Å². The van der Waals surface area contributed by atoms with Crippen LogP contribution >= 0.6 is 15.9 Å². The Morgan fingerprint density at radius 3 is 2.65 bits per heavy atom. The monoisotopic (exact) mass is 291 g/mol. The van der Waals surface area contributed by atoms with Crippen LogP contribution in [0.5, 0.6) is 0 Å². The lowest BCUT2D eigenvalue weighted by atomic mass is 10.2. The summed E-state index contributed by atoms with van der Waals surface area (Å²) in [5, 5.41) is 4.32. The van der Waals surface area contributed by atoms with Crippen LogP contribution in [0.25, 0.3) is 17.0 Å². The lowest BCUT2D eigenvalue weighted by molar-refractivity contribution is 0.628. The predicted molar refractivity (Wildman–Crippen MR) is 66.1 cm³/mol. The van der Waals surface area contributed by atoms with Crippen molar-refractivity contribution in [3.05, 3.63) is 52.9 Å². The van der Waals surface area contributed by atoms with Crippen molar-refractivity contribution < 1.29 is 4.39 Å². The number of hydrogen-bond donors (Lipinski definition) is 0. The summed E-state index contributed by atoms with van der Waals surface area (Å²) < 4.78 is 15.4. The molecule has 17 heavy (non-hydrogen) atoms. The van der Waals surface area contributed by atoms with Crippen molar-refractivity contribution in [1.82, 2.24) is 14.6 Å². The maximum Gasteiger partial charge on any atom is 0.182 e. The Morgan fingerprint density at radius 1 is 1.12 bits per heavy atom. The molecule has 1 aromatic carbocycles. The topological polar surface area (TPSA) is 30.2 Å². The van der Waals surface area contributed by atoms with Gasteiger partial charge in [-0.15, -0.1) is 5.10 Å². The number of pyridine rings is 1. The van der Waals surface area contributed by atoms with Crippen molar-refractivity contribution in [3.63, 3.8) is 0 Å². The first-order chi connectivity index (χ1) is 8.22. The predicted octanol–water partition coefficient (Wildman–Crippen LogP) is 3.30. The van der Waals surface area contributed by atoms with E-state index in [-0.39, 0.29) is 5.82 Å². The molecular formula is C12H7BrFN3. The minimum atomic E-state index is -0.264. The minimum absolute atomic E-state index is 0.264. The number of aromatic nitrogens is 3. The summed E-state index contributed by atoms with van der Waals surface area (Å²) in [6.45, 7) is 0. The van der Waals surface area contributed by atoms with Crippen molar-refractivity contribution in [3.8, 4) is 11.4 Å². The fourth-order valence-corrected chi connectivity index (χ4v) is 1.90. The highest BCUT2D eigenvalue weighted by molar-refractivity contribution is 9.10. The highest BCUT2D eigenvalue weighted by Crippen LogP contribution is 2.18. The van der Waals surface area contributed by atoms with Crippen molar-refractivity contribution in [1.29, 1.82) is 0 Å². The fourth-order valence-electron chi connectivity index (χ4n) is 1.58. The van der Waals surface area contributed by atoms with E-state index < -0.39 is 0 Å². The maximum absolute atomic E-state index is 12.8. The number of hydrogen-bond acceptors (Lipinski definition) is 2. The van der Waals surface area contributed by atoms with Crippen LogP contribution < -0.4 is 0 Å². The standard InChI is InChI=1S/C12H7BrFN3/c13-9-5-6-17-11(7-9)15-12(16-17)8-1-3-10(14)4-2-8/h1-7H. The molecule has 0 radical (unpaired) electrons. The van der Waals surface area contributed by atoms with Crippen LogP contribution in [0, 0.1) is 5.82 Å². The molecule has 3 rings (SSSR count). The zero-order valence-corrected chi connectivity index (χ0v) is 10.2. The molecule has 0 aliphatic rings.